The Morgan fingerprint density at radius 3 is 2.68 bits per heavy atom. The van der Waals surface area contributed by atoms with E-state index in [1.54, 1.807) is 17.3 Å². The van der Waals surface area contributed by atoms with Gasteiger partial charge >= 0.3 is 6.18 Å². The first-order chi connectivity index (χ1) is 16.4. The standard InChI is InChI=1S/C23H22F3N7O/c24-23(25,26)18-7-5-17(6-8-18)21-19(32-12-2-4-20(32)34)14-33(31-21)22(30-15-27)29-11-9-16-3-1-10-28-13-16/h1,3,5-8,10,13,19H,2,4,9,11-12,14H2,(H,29,30). The zero-order chi connectivity index (χ0) is 24.1. The topological polar surface area (TPSA) is 97.0 Å². The second-order valence-corrected chi connectivity index (χ2v) is 7.90. The molecule has 3 heterocycles. The Balaban J connectivity index is 1.61. The first-order valence-corrected chi connectivity index (χ1v) is 10.8. The van der Waals surface area contributed by atoms with Gasteiger partial charge in [0, 0.05) is 31.9 Å². The molecule has 2 aliphatic rings. The zero-order valence-electron chi connectivity index (χ0n) is 18.2. The van der Waals surface area contributed by atoms with Crippen molar-refractivity contribution < 1.29 is 18.0 Å². The molecule has 1 fully saturated rings. The molecule has 4 rings (SSSR count). The minimum absolute atomic E-state index is 0.0326. The van der Waals surface area contributed by atoms with Gasteiger partial charge in [0.1, 0.15) is 0 Å². The van der Waals surface area contributed by atoms with Crippen molar-refractivity contribution in [2.24, 2.45) is 10.1 Å². The lowest BCUT2D eigenvalue weighted by molar-refractivity contribution is -0.137. The predicted octanol–water partition coefficient (Wildman–Crippen LogP) is 2.78. The van der Waals surface area contributed by atoms with Gasteiger partial charge in [0.25, 0.3) is 0 Å². The Bertz CT molecular complexity index is 1120. The monoisotopic (exact) mass is 469 g/mol. The van der Waals surface area contributed by atoms with Crippen LogP contribution >= 0.6 is 0 Å². The number of alkyl halides is 3. The predicted molar refractivity (Wildman–Crippen MR) is 118 cm³/mol. The number of hydrazone groups is 1. The van der Waals surface area contributed by atoms with Crippen molar-refractivity contribution in [3.63, 3.8) is 0 Å². The number of halogens is 3. The molecule has 0 spiro atoms. The van der Waals surface area contributed by atoms with Gasteiger partial charge in [-0.3, -0.25) is 20.1 Å². The number of hydrogen-bond acceptors (Lipinski definition) is 5. The normalized spacial score (nSPS) is 18.8. The number of nitriles is 1. The zero-order valence-corrected chi connectivity index (χ0v) is 18.2. The summed E-state index contributed by atoms with van der Waals surface area (Å²) >= 11 is 0. The van der Waals surface area contributed by atoms with Gasteiger partial charge in [-0.05, 0) is 42.2 Å². The molecule has 0 saturated carbocycles. The number of pyridine rings is 1. The number of nitrogens with one attached hydrogen (secondary N) is 1. The van der Waals surface area contributed by atoms with Crippen LogP contribution in [0.5, 0.6) is 0 Å². The third-order valence-electron chi connectivity index (χ3n) is 5.68. The lowest BCUT2D eigenvalue weighted by atomic mass is 10.0. The minimum Gasteiger partial charge on any atom is -0.332 e. The molecule has 1 amide bonds. The van der Waals surface area contributed by atoms with Crippen LogP contribution in [0.15, 0.2) is 58.9 Å². The van der Waals surface area contributed by atoms with Gasteiger partial charge in [-0.25, -0.2) is 5.01 Å². The number of guanidine groups is 1. The number of hydrogen-bond donors (Lipinski definition) is 1. The molecule has 1 aromatic heterocycles. The van der Waals surface area contributed by atoms with Gasteiger partial charge in [-0.15, -0.1) is 0 Å². The first-order valence-electron chi connectivity index (χ1n) is 10.8. The molecule has 176 valence electrons. The number of aromatic nitrogens is 1. The van der Waals surface area contributed by atoms with E-state index in [4.69, 9.17) is 0 Å². The molecule has 1 unspecified atom stereocenters. The summed E-state index contributed by atoms with van der Waals surface area (Å²) in [6.07, 6.45) is 2.54. The van der Waals surface area contributed by atoms with Crippen molar-refractivity contribution in [3.8, 4) is 6.19 Å². The van der Waals surface area contributed by atoms with Crippen LogP contribution in [0.25, 0.3) is 0 Å². The molecule has 8 nitrogen and oxygen atoms in total. The van der Waals surface area contributed by atoms with Gasteiger partial charge in [-0.2, -0.15) is 23.5 Å². The Labute approximate surface area is 194 Å². The van der Waals surface area contributed by atoms with Gasteiger partial charge < -0.3 is 4.90 Å². The summed E-state index contributed by atoms with van der Waals surface area (Å²) in [7, 11) is 0. The molecular formula is C23H22F3N7O. The van der Waals surface area contributed by atoms with Crippen LogP contribution in [0.1, 0.15) is 29.5 Å². The summed E-state index contributed by atoms with van der Waals surface area (Å²) in [4.78, 5) is 22.7. The third kappa shape index (κ3) is 5.17. The molecule has 2 aliphatic heterocycles. The summed E-state index contributed by atoms with van der Waals surface area (Å²) in [5.41, 5.74) is 1.17. The molecule has 0 bridgehead atoms. The molecule has 11 heteroatoms. The largest absolute Gasteiger partial charge is 0.416 e. The SMILES string of the molecule is N#CNC(=NCCc1cccnc1)N1CC(N2CCCC2=O)C(c2ccc(C(F)(F)F)cc2)=N1. The smallest absolute Gasteiger partial charge is 0.332 e. The van der Waals surface area contributed by atoms with Crippen molar-refractivity contribution in [3.05, 3.63) is 65.5 Å². The number of carbonyl (C=O) groups excluding carboxylic acids is 1. The number of carbonyl (C=O) groups is 1. The highest BCUT2D eigenvalue weighted by Gasteiger charge is 2.39. The molecule has 1 N–H and O–H groups in total. The van der Waals surface area contributed by atoms with E-state index < -0.39 is 17.8 Å². The minimum atomic E-state index is -4.45. The number of amides is 1. The Morgan fingerprint density at radius 1 is 1.26 bits per heavy atom. The van der Waals surface area contributed by atoms with Gasteiger partial charge in [0.2, 0.25) is 11.9 Å². The fraction of sp³-hybridized carbons (Fsp3) is 0.348. The molecule has 1 atom stereocenters. The number of rotatable bonds is 5. The fourth-order valence-electron chi connectivity index (χ4n) is 4.02. The summed E-state index contributed by atoms with van der Waals surface area (Å²) < 4.78 is 39.0. The highest BCUT2D eigenvalue weighted by atomic mass is 19.4. The highest BCUT2D eigenvalue weighted by Crippen LogP contribution is 2.30. The summed E-state index contributed by atoms with van der Waals surface area (Å²) in [6, 6.07) is 8.00. The van der Waals surface area contributed by atoms with Crippen molar-refractivity contribution in [1.82, 2.24) is 20.2 Å². The number of benzene rings is 1. The van der Waals surface area contributed by atoms with E-state index >= 15 is 0 Å². The van der Waals surface area contributed by atoms with E-state index in [0.717, 1.165) is 17.7 Å². The summed E-state index contributed by atoms with van der Waals surface area (Å²) in [5.74, 6) is 0.180. The van der Waals surface area contributed by atoms with E-state index in [9.17, 15) is 23.2 Å². The van der Waals surface area contributed by atoms with E-state index in [0.29, 0.717) is 43.6 Å². The highest BCUT2D eigenvalue weighted by molar-refractivity contribution is 6.08. The number of aliphatic imine (C=N–C) groups is 1. The van der Waals surface area contributed by atoms with E-state index in [-0.39, 0.29) is 18.4 Å². The van der Waals surface area contributed by atoms with Crippen LogP contribution in [0, 0.1) is 11.5 Å². The maximum Gasteiger partial charge on any atom is 0.416 e. The van der Waals surface area contributed by atoms with Gasteiger partial charge in [-0.1, -0.05) is 18.2 Å². The second-order valence-electron chi connectivity index (χ2n) is 7.90. The lowest BCUT2D eigenvalue weighted by Crippen LogP contribution is -2.45. The van der Waals surface area contributed by atoms with E-state index in [1.807, 2.05) is 18.3 Å². The molecule has 0 radical (unpaired) electrons. The van der Waals surface area contributed by atoms with Crippen LogP contribution < -0.4 is 5.32 Å². The molecule has 1 aromatic carbocycles. The molecule has 0 aliphatic carbocycles. The summed E-state index contributed by atoms with van der Waals surface area (Å²) in [6.45, 7) is 1.14. The maximum absolute atomic E-state index is 13.0. The van der Waals surface area contributed by atoms with Crippen molar-refractivity contribution in [2.45, 2.75) is 31.5 Å². The third-order valence-corrected chi connectivity index (χ3v) is 5.68. The fourth-order valence-corrected chi connectivity index (χ4v) is 4.02. The Hall–Kier alpha value is -3.94. The Kier molecular flexibility index (Phi) is 6.77. The number of likely N-dealkylation sites (tertiary alicyclic amines) is 1. The average molecular weight is 469 g/mol. The molecule has 1 saturated heterocycles. The molecule has 2 aromatic rings. The Morgan fingerprint density at radius 2 is 2.06 bits per heavy atom. The van der Waals surface area contributed by atoms with Crippen LogP contribution in [0.4, 0.5) is 13.2 Å². The van der Waals surface area contributed by atoms with E-state index in [1.165, 1.54) is 17.1 Å². The lowest BCUT2D eigenvalue weighted by Gasteiger charge is -2.25. The van der Waals surface area contributed by atoms with Gasteiger partial charge in [0.05, 0.1) is 23.9 Å². The van der Waals surface area contributed by atoms with Gasteiger partial charge in [0.15, 0.2) is 6.19 Å². The average Bonchev–Trinajstić information content (AvgIpc) is 3.45. The second kappa shape index (κ2) is 9.91. The maximum atomic E-state index is 13.0. The molecule has 34 heavy (non-hydrogen) atoms. The van der Waals surface area contributed by atoms with Crippen LogP contribution in [0.2, 0.25) is 0 Å². The van der Waals surface area contributed by atoms with Crippen molar-refractivity contribution in [1.29, 1.82) is 5.26 Å². The van der Waals surface area contributed by atoms with Crippen LogP contribution in [-0.4, -0.2) is 58.1 Å². The first kappa shape index (κ1) is 23.2. The van der Waals surface area contributed by atoms with E-state index in [2.05, 4.69) is 20.4 Å². The van der Waals surface area contributed by atoms with Crippen molar-refractivity contribution in [2.75, 3.05) is 19.6 Å². The number of nitrogens with zero attached hydrogens (tertiary/aromatic N) is 6. The quantitative estimate of drug-likeness (QED) is 0.314. The van der Waals surface area contributed by atoms with Crippen LogP contribution in [0.3, 0.4) is 0 Å². The van der Waals surface area contributed by atoms with Crippen molar-refractivity contribution >= 4 is 17.6 Å². The van der Waals surface area contributed by atoms with Crippen LogP contribution in [-0.2, 0) is 17.4 Å². The summed E-state index contributed by atoms with van der Waals surface area (Å²) in [5, 5.41) is 17.8. The molecular weight excluding hydrogens is 447 g/mol.